The van der Waals surface area contributed by atoms with E-state index >= 15 is 0 Å². The minimum absolute atomic E-state index is 0.00500. The van der Waals surface area contributed by atoms with Gasteiger partial charge in [0, 0.05) is 25.2 Å². The highest BCUT2D eigenvalue weighted by molar-refractivity contribution is 5.43. The molecule has 21 heavy (non-hydrogen) atoms. The third-order valence-corrected chi connectivity index (χ3v) is 3.54. The van der Waals surface area contributed by atoms with E-state index in [9.17, 15) is 13.2 Å². The fourth-order valence-corrected chi connectivity index (χ4v) is 2.38. The number of hydrogen-bond donors (Lipinski definition) is 2. The van der Waals surface area contributed by atoms with Gasteiger partial charge in [-0.15, -0.1) is 0 Å². The van der Waals surface area contributed by atoms with Gasteiger partial charge in [0.05, 0.1) is 0 Å². The van der Waals surface area contributed by atoms with Gasteiger partial charge in [-0.1, -0.05) is 0 Å². The van der Waals surface area contributed by atoms with Gasteiger partial charge in [-0.05, 0) is 33.4 Å². The number of rotatable bonds is 5. The second-order valence-electron chi connectivity index (χ2n) is 5.15. The molecule has 0 saturated carbocycles. The Labute approximate surface area is 122 Å². The highest BCUT2D eigenvalue weighted by Gasteiger charge is 2.33. The molecule has 0 radical (unpaired) electrons. The first kappa shape index (κ1) is 15.8. The van der Waals surface area contributed by atoms with Crippen LogP contribution in [0, 0.1) is 0 Å². The monoisotopic (exact) mass is 303 g/mol. The van der Waals surface area contributed by atoms with Crippen LogP contribution in [0.2, 0.25) is 0 Å². The Balaban J connectivity index is 2.11. The van der Waals surface area contributed by atoms with Crippen molar-refractivity contribution in [3.8, 4) is 0 Å². The molecule has 0 bridgehead atoms. The van der Waals surface area contributed by atoms with E-state index in [1.807, 2.05) is 7.05 Å². The van der Waals surface area contributed by atoms with E-state index in [1.54, 1.807) is 6.92 Å². The van der Waals surface area contributed by atoms with Crippen LogP contribution in [0.15, 0.2) is 6.07 Å². The predicted molar refractivity (Wildman–Crippen MR) is 75.3 cm³/mol. The summed E-state index contributed by atoms with van der Waals surface area (Å²) < 4.78 is 38.5. The zero-order valence-corrected chi connectivity index (χ0v) is 12.2. The van der Waals surface area contributed by atoms with Crippen molar-refractivity contribution in [3.05, 3.63) is 11.8 Å². The van der Waals surface area contributed by atoms with Crippen molar-refractivity contribution in [2.24, 2.45) is 0 Å². The first-order valence-corrected chi connectivity index (χ1v) is 7.04. The Morgan fingerprint density at radius 1 is 1.33 bits per heavy atom. The third kappa shape index (κ3) is 4.20. The van der Waals surface area contributed by atoms with E-state index in [1.165, 1.54) is 0 Å². The number of anilines is 2. The predicted octanol–water partition coefficient (Wildman–Crippen LogP) is 2.43. The number of nitrogens with one attached hydrogen (secondary N) is 2. The topological polar surface area (TPSA) is 53.1 Å². The number of halogens is 3. The molecule has 5 nitrogen and oxygen atoms in total. The van der Waals surface area contributed by atoms with Crippen molar-refractivity contribution in [1.82, 2.24) is 14.9 Å². The van der Waals surface area contributed by atoms with Crippen molar-refractivity contribution in [2.45, 2.75) is 32.0 Å². The Hall–Kier alpha value is -1.57. The van der Waals surface area contributed by atoms with E-state index in [0.29, 0.717) is 19.1 Å². The maximum atomic E-state index is 12.8. The molecule has 1 atom stereocenters. The maximum absolute atomic E-state index is 12.8. The van der Waals surface area contributed by atoms with Crippen molar-refractivity contribution in [1.29, 1.82) is 0 Å². The fourth-order valence-electron chi connectivity index (χ4n) is 2.38. The van der Waals surface area contributed by atoms with Crippen LogP contribution in [0.3, 0.4) is 0 Å². The Morgan fingerprint density at radius 3 is 2.67 bits per heavy atom. The van der Waals surface area contributed by atoms with Crippen LogP contribution >= 0.6 is 0 Å². The molecular weight excluding hydrogens is 283 g/mol. The molecule has 1 saturated heterocycles. The van der Waals surface area contributed by atoms with Crippen LogP contribution in [-0.4, -0.2) is 47.6 Å². The van der Waals surface area contributed by atoms with Crippen molar-refractivity contribution >= 4 is 11.8 Å². The van der Waals surface area contributed by atoms with Gasteiger partial charge in [0.25, 0.3) is 0 Å². The third-order valence-electron chi connectivity index (χ3n) is 3.54. The summed E-state index contributed by atoms with van der Waals surface area (Å²) >= 11 is 0. The van der Waals surface area contributed by atoms with Crippen LogP contribution < -0.4 is 10.6 Å². The second kappa shape index (κ2) is 6.46. The molecular formula is C13H20F3N5. The lowest BCUT2D eigenvalue weighted by Gasteiger charge is -2.20. The molecule has 0 spiro atoms. The fraction of sp³-hybridized carbons (Fsp3) is 0.692. The summed E-state index contributed by atoms with van der Waals surface area (Å²) in [5, 5.41) is 5.72. The SMILES string of the molecule is CCNc1nc(NCC2CCCN2C)cc(C(F)(F)F)n1. The molecule has 1 aliphatic heterocycles. The average Bonchev–Trinajstić information content (AvgIpc) is 2.81. The maximum Gasteiger partial charge on any atom is 0.433 e. The van der Waals surface area contributed by atoms with Crippen LogP contribution in [0.25, 0.3) is 0 Å². The Kier molecular flexibility index (Phi) is 4.87. The minimum atomic E-state index is -4.48. The van der Waals surface area contributed by atoms with E-state index in [2.05, 4.69) is 25.5 Å². The molecule has 1 fully saturated rings. The molecule has 1 aromatic rings. The normalized spacial score (nSPS) is 19.8. The van der Waals surface area contributed by atoms with Gasteiger partial charge >= 0.3 is 6.18 Å². The van der Waals surface area contributed by atoms with Gasteiger partial charge in [0.2, 0.25) is 5.95 Å². The van der Waals surface area contributed by atoms with Crippen LogP contribution in [0.5, 0.6) is 0 Å². The summed E-state index contributed by atoms with van der Waals surface area (Å²) in [7, 11) is 2.02. The lowest BCUT2D eigenvalue weighted by molar-refractivity contribution is -0.141. The molecule has 8 heteroatoms. The number of likely N-dealkylation sites (tertiary alicyclic amines) is 1. The van der Waals surface area contributed by atoms with Crippen molar-refractivity contribution in [2.75, 3.05) is 37.3 Å². The Morgan fingerprint density at radius 2 is 2.10 bits per heavy atom. The molecule has 0 amide bonds. The van der Waals surface area contributed by atoms with Gasteiger partial charge in [-0.2, -0.15) is 18.2 Å². The average molecular weight is 303 g/mol. The van der Waals surface area contributed by atoms with Crippen molar-refractivity contribution < 1.29 is 13.2 Å². The van der Waals surface area contributed by atoms with E-state index < -0.39 is 11.9 Å². The largest absolute Gasteiger partial charge is 0.433 e. The molecule has 118 valence electrons. The summed E-state index contributed by atoms with van der Waals surface area (Å²) in [6, 6.07) is 1.28. The lowest BCUT2D eigenvalue weighted by atomic mass is 10.2. The number of nitrogens with zero attached hydrogens (tertiary/aromatic N) is 3. The summed E-state index contributed by atoms with van der Waals surface area (Å²) in [6.45, 7) is 3.85. The molecule has 1 unspecified atom stereocenters. The minimum Gasteiger partial charge on any atom is -0.368 e. The van der Waals surface area contributed by atoms with Gasteiger partial charge in [-0.25, -0.2) is 4.98 Å². The molecule has 2 heterocycles. The molecule has 1 aromatic heterocycles. The molecule has 1 aliphatic rings. The number of hydrogen-bond acceptors (Lipinski definition) is 5. The van der Waals surface area contributed by atoms with Gasteiger partial charge in [-0.3, -0.25) is 0 Å². The first-order chi connectivity index (χ1) is 9.90. The van der Waals surface area contributed by atoms with Gasteiger partial charge < -0.3 is 15.5 Å². The van der Waals surface area contributed by atoms with Crippen molar-refractivity contribution in [3.63, 3.8) is 0 Å². The zero-order chi connectivity index (χ0) is 15.5. The Bertz CT molecular complexity index is 477. The van der Waals surface area contributed by atoms with Gasteiger partial charge in [0.1, 0.15) is 5.82 Å². The molecule has 2 N–H and O–H groups in total. The smallest absolute Gasteiger partial charge is 0.368 e. The number of likely N-dealkylation sites (N-methyl/N-ethyl adjacent to an activating group) is 1. The van der Waals surface area contributed by atoms with Gasteiger partial charge in [0.15, 0.2) is 5.69 Å². The van der Waals surface area contributed by atoms with E-state index in [0.717, 1.165) is 25.5 Å². The summed E-state index contributed by atoms with van der Waals surface area (Å²) in [6.07, 6.45) is -2.32. The first-order valence-electron chi connectivity index (χ1n) is 7.04. The standard InChI is InChI=1S/C13H20F3N5/c1-3-17-12-19-10(13(14,15)16)7-11(20-12)18-8-9-5-4-6-21(9)2/h7,9H,3-6,8H2,1-2H3,(H2,17,18,19,20). The molecule has 2 rings (SSSR count). The summed E-state index contributed by atoms with van der Waals surface area (Å²) in [5.41, 5.74) is -0.935. The molecule has 0 aromatic carbocycles. The lowest BCUT2D eigenvalue weighted by Crippen LogP contribution is -2.31. The second-order valence-corrected chi connectivity index (χ2v) is 5.15. The number of alkyl halides is 3. The van der Waals surface area contributed by atoms with E-state index in [-0.39, 0.29) is 11.8 Å². The summed E-state index contributed by atoms with van der Waals surface area (Å²) in [4.78, 5) is 9.76. The molecule has 0 aliphatic carbocycles. The number of aromatic nitrogens is 2. The van der Waals surface area contributed by atoms with Crippen LogP contribution in [0.4, 0.5) is 24.9 Å². The van der Waals surface area contributed by atoms with Crippen LogP contribution in [0.1, 0.15) is 25.5 Å². The van der Waals surface area contributed by atoms with E-state index in [4.69, 9.17) is 0 Å². The quantitative estimate of drug-likeness (QED) is 0.875. The van der Waals surface area contributed by atoms with Crippen LogP contribution in [-0.2, 0) is 6.18 Å². The summed E-state index contributed by atoms with van der Waals surface area (Å²) in [5.74, 6) is 0.197. The zero-order valence-electron chi connectivity index (χ0n) is 12.2. The highest BCUT2D eigenvalue weighted by Crippen LogP contribution is 2.29. The highest BCUT2D eigenvalue weighted by atomic mass is 19.4.